The molecule has 0 saturated heterocycles. The summed E-state index contributed by atoms with van der Waals surface area (Å²) < 4.78 is 2.94. The van der Waals surface area contributed by atoms with E-state index in [0.29, 0.717) is 27.7 Å². The van der Waals surface area contributed by atoms with Crippen LogP contribution in [0.3, 0.4) is 0 Å². The van der Waals surface area contributed by atoms with Crippen LogP contribution in [0.25, 0.3) is 0 Å². The molecular formula is C14H16ClN3O3. The van der Waals surface area contributed by atoms with Crippen molar-refractivity contribution < 1.29 is 9.90 Å². The van der Waals surface area contributed by atoms with Gasteiger partial charge < -0.3 is 9.67 Å². The third-order valence-corrected chi connectivity index (χ3v) is 3.98. The van der Waals surface area contributed by atoms with Gasteiger partial charge in [-0.15, -0.1) is 0 Å². The predicted octanol–water partition coefficient (Wildman–Crippen LogP) is 1.91. The van der Waals surface area contributed by atoms with E-state index in [1.807, 2.05) is 0 Å². The lowest BCUT2D eigenvalue weighted by Gasteiger charge is -2.12. The molecule has 2 aromatic heterocycles. The van der Waals surface area contributed by atoms with Crippen LogP contribution < -0.4 is 5.56 Å². The molecule has 0 atom stereocenters. The highest BCUT2D eigenvalue weighted by atomic mass is 35.5. The largest absolute Gasteiger partial charge is 0.477 e. The lowest BCUT2D eigenvalue weighted by Crippen LogP contribution is -2.29. The van der Waals surface area contributed by atoms with Gasteiger partial charge in [0.1, 0.15) is 10.7 Å². The Balaban J connectivity index is 2.63. The first kappa shape index (κ1) is 15.3. The third kappa shape index (κ3) is 2.58. The lowest BCUT2D eigenvalue weighted by molar-refractivity contribution is 0.0693. The molecule has 1 N–H and O–H groups in total. The van der Waals surface area contributed by atoms with Crippen molar-refractivity contribution in [1.29, 1.82) is 0 Å². The van der Waals surface area contributed by atoms with Crippen LogP contribution in [0.15, 0.2) is 10.9 Å². The van der Waals surface area contributed by atoms with E-state index in [1.165, 1.54) is 9.25 Å². The number of halogens is 1. The van der Waals surface area contributed by atoms with Crippen LogP contribution in [-0.2, 0) is 13.6 Å². The SMILES string of the molecule is Cc1cc(C)n(Cc2c(C)nn(C)c2Cl)c(=O)c1C(=O)O. The Morgan fingerprint density at radius 2 is 2.00 bits per heavy atom. The maximum absolute atomic E-state index is 12.4. The van der Waals surface area contributed by atoms with Gasteiger partial charge in [0.15, 0.2) is 0 Å². The van der Waals surface area contributed by atoms with Crippen LogP contribution in [0.1, 0.15) is 32.9 Å². The van der Waals surface area contributed by atoms with Crippen LogP contribution in [0, 0.1) is 20.8 Å². The molecule has 0 spiro atoms. The first-order chi connectivity index (χ1) is 9.73. The molecule has 112 valence electrons. The Hall–Kier alpha value is -2.08. The summed E-state index contributed by atoms with van der Waals surface area (Å²) in [5, 5.41) is 13.8. The standard InChI is InChI=1S/C14H16ClN3O3/c1-7-5-8(2)18(13(19)11(7)14(20)21)6-10-9(3)16-17(4)12(10)15/h5H,6H2,1-4H3,(H,20,21). The summed E-state index contributed by atoms with van der Waals surface area (Å²) in [6.07, 6.45) is 0. The molecule has 0 saturated carbocycles. The number of rotatable bonds is 3. The zero-order valence-corrected chi connectivity index (χ0v) is 13.0. The molecule has 0 aromatic carbocycles. The topological polar surface area (TPSA) is 77.1 Å². The van der Waals surface area contributed by atoms with Crippen molar-refractivity contribution in [3.8, 4) is 0 Å². The summed E-state index contributed by atoms with van der Waals surface area (Å²) in [5.74, 6) is -1.22. The number of carboxylic acids is 1. The highest BCUT2D eigenvalue weighted by molar-refractivity contribution is 6.30. The van der Waals surface area contributed by atoms with Crippen molar-refractivity contribution >= 4 is 17.6 Å². The smallest absolute Gasteiger partial charge is 0.341 e. The van der Waals surface area contributed by atoms with E-state index in [1.54, 1.807) is 33.9 Å². The summed E-state index contributed by atoms with van der Waals surface area (Å²) in [7, 11) is 1.71. The summed E-state index contributed by atoms with van der Waals surface area (Å²) in [6, 6.07) is 1.68. The number of hydrogen-bond donors (Lipinski definition) is 1. The van der Waals surface area contributed by atoms with Crippen molar-refractivity contribution in [2.24, 2.45) is 7.05 Å². The average Bonchev–Trinajstić information content (AvgIpc) is 2.59. The van der Waals surface area contributed by atoms with Gasteiger partial charge in [-0.25, -0.2) is 4.79 Å². The molecular weight excluding hydrogens is 294 g/mol. The first-order valence-corrected chi connectivity index (χ1v) is 6.74. The molecule has 21 heavy (non-hydrogen) atoms. The first-order valence-electron chi connectivity index (χ1n) is 6.36. The van der Waals surface area contributed by atoms with Gasteiger partial charge in [-0.05, 0) is 32.4 Å². The van der Waals surface area contributed by atoms with Gasteiger partial charge in [-0.2, -0.15) is 5.10 Å². The number of pyridine rings is 1. The fourth-order valence-electron chi connectivity index (χ4n) is 2.40. The highest BCUT2D eigenvalue weighted by Gasteiger charge is 2.19. The van der Waals surface area contributed by atoms with Crippen LogP contribution in [0.4, 0.5) is 0 Å². The zero-order chi connectivity index (χ0) is 15.9. The van der Waals surface area contributed by atoms with E-state index >= 15 is 0 Å². The Kier molecular flexibility index (Phi) is 3.91. The monoisotopic (exact) mass is 309 g/mol. The second-order valence-corrected chi connectivity index (χ2v) is 5.38. The van der Waals surface area contributed by atoms with Crippen molar-refractivity contribution in [3.05, 3.63) is 49.7 Å². The number of aromatic nitrogens is 3. The molecule has 7 heteroatoms. The summed E-state index contributed by atoms with van der Waals surface area (Å²) >= 11 is 6.17. The molecule has 0 fully saturated rings. The molecule has 0 aliphatic carbocycles. The minimum absolute atomic E-state index is 0.198. The Labute approximate surface area is 126 Å². The van der Waals surface area contributed by atoms with Crippen molar-refractivity contribution in [2.45, 2.75) is 27.3 Å². The number of aromatic carboxylic acids is 1. The zero-order valence-electron chi connectivity index (χ0n) is 12.3. The van der Waals surface area contributed by atoms with Gasteiger partial charge in [0, 0.05) is 18.3 Å². The van der Waals surface area contributed by atoms with Gasteiger partial charge in [-0.1, -0.05) is 11.6 Å². The number of aryl methyl sites for hydroxylation is 4. The van der Waals surface area contributed by atoms with Crippen molar-refractivity contribution in [1.82, 2.24) is 14.3 Å². The second-order valence-electron chi connectivity index (χ2n) is 5.02. The van der Waals surface area contributed by atoms with E-state index in [2.05, 4.69) is 5.10 Å². The van der Waals surface area contributed by atoms with Gasteiger partial charge >= 0.3 is 5.97 Å². The molecule has 2 aromatic rings. The summed E-state index contributed by atoms with van der Waals surface area (Å²) in [5.41, 5.74) is 1.82. The van der Waals surface area contributed by atoms with E-state index in [9.17, 15) is 14.7 Å². The minimum atomic E-state index is -1.22. The van der Waals surface area contributed by atoms with Crippen LogP contribution in [0.2, 0.25) is 5.15 Å². The van der Waals surface area contributed by atoms with Gasteiger partial charge in [0.25, 0.3) is 5.56 Å². The lowest BCUT2D eigenvalue weighted by atomic mass is 10.1. The predicted molar refractivity (Wildman–Crippen MR) is 79.2 cm³/mol. The second kappa shape index (κ2) is 5.37. The Morgan fingerprint density at radius 1 is 1.38 bits per heavy atom. The van der Waals surface area contributed by atoms with E-state index in [-0.39, 0.29) is 12.1 Å². The fraction of sp³-hybridized carbons (Fsp3) is 0.357. The van der Waals surface area contributed by atoms with Gasteiger partial charge in [0.05, 0.1) is 12.2 Å². The molecule has 0 radical (unpaired) electrons. The Bertz CT molecular complexity index is 790. The molecule has 2 rings (SSSR count). The number of carbonyl (C=O) groups is 1. The number of carboxylic acid groups (broad SMARTS) is 1. The van der Waals surface area contributed by atoms with Crippen LogP contribution in [0.5, 0.6) is 0 Å². The quantitative estimate of drug-likeness (QED) is 0.939. The van der Waals surface area contributed by atoms with Gasteiger partial charge in [0.2, 0.25) is 0 Å². The molecule has 0 aliphatic heterocycles. The summed E-state index contributed by atoms with van der Waals surface area (Å²) in [4.78, 5) is 23.6. The van der Waals surface area contributed by atoms with Gasteiger partial charge in [-0.3, -0.25) is 9.48 Å². The maximum Gasteiger partial charge on any atom is 0.341 e. The number of hydrogen-bond acceptors (Lipinski definition) is 3. The number of nitrogens with zero attached hydrogens (tertiary/aromatic N) is 3. The third-order valence-electron chi connectivity index (χ3n) is 3.50. The normalized spacial score (nSPS) is 10.9. The van der Waals surface area contributed by atoms with Crippen molar-refractivity contribution in [3.63, 3.8) is 0 Å². The maximum atomic E-state index is 12.4. The average molecular weight is 310 g/mol. The molecule has 0 unspecified atom stereocenters. The van der Waals surface area contributed by atoms with E-state index in [4.69, 9.17) is 11.6 Å². The molecule has 2 heterocycles. The minimum Gasteiger partial charge on any atom is -0.477 e. The fourth-order valence-corrected chi connectivity index (χ4v) is 2.63. The van der Waals surface area contributed by atoms with Crippen molar-refractivity contribution in [2.75, 3.05) is 0 Å². The van der Waals surface area contributed by atoms with E-state index < -0.39 is 11.5 Å². The van der Waals surface area contributed by atoms with Crippen LogP contribution >= 0.6 is 11.6 Å². The van der Waals surface area contributed by atoms with Crippen LogP contribution in [-0.4, -0.2) is 25.4 Å². The molecule has 0 amide bonds. The molecule has 0 aliphatic rings. The Morgan fingerprint density at radius 3 is 2.48 bits per heavy atom. The summed E-state index contributed by atoms with van der Waals surface area (Å²) in [6.45, 7) is 5.38. The van der Waals surface area contributed by atoms with E-state index in [0.717, 1.165) is 0 Å². The highest BCUT2D eigenvalue weighted by Crippen LogP contribution is 2.20. The molecule has 0 bridgehead atoms. The molecule has 6 nitrogen and oxygen atoms in total.